The monoisotopic (exact) mass is 222 g/mol. The van der Waals surface area contributed by atoms with Crippen molar-refractivity contribution in [1.82, 2.24) is 0 Å². The van der Waals surface area contributed by atoms with Crippen LogP contribution in [0.1, 0.15) is 39.7 Å². The molecule has 0 bridgehead atoms. The van der Waals surface area contributed by atoms with Crippen molar-refractivity contribution in [3.05, 3.63) is 71.3 Å². The summed E-state index contributed by atoms with van der Waals surface area (Å²) in [5.74, 6) is 1.30. The number of rotatable bonds is 3. The van der Waals surface area contributed by atoms with Crippen molar-refractivity contribution in [2.24, 2.45) is 0 Å². The molecule has 3 rings (SSSR count). The van der Waals surface area contributed by atoms with E-state index in [9.17, 15) is 4.79 Å². The van der Waals surface area contributed by atoms with Gasteiger partial charge in [-0.1, -0.05) is 54.6 Å². The molecule has 0 spiro atoms. The van der Waals surface area contributed by atoms with Crippen LogP contribution in [0.5, 0.6) is 0 Å². The summed E-state index contributed by atoms with van der Waals surface area (Å²) in [5, 5.41) is 0. The summed E-state index contributed by atoms with van der Waals surface area (Å²) in [4.78, 5) is 10.6. The molecule has 1 fully saturated rings. The van der Waals surface area contributed by atoms with Gasteiger partial charge in [0.25, 0.3) is 0 Å². The molecule has 1 aliphatic rings. The number of hydrogen-bond acceptors (Lipinski definition) is 1. The molecule has 0 radical (unpaired) electrons. The second-order valence-corrected chi connectivity index (χ2v) is 4.64. The molecule has 0 amide bonds. The first-order valence-corrected chi connectivity index (χ1v) is 5.98. The van der Waals surface area contributed by atoms with Crippen LogP contribution in [-0.4, -0.2) is 6.29 Å². The van der Waals surface area contributed by atoms with Crippen LogP contribution in [0.25, 0.3) is 0 Å². The lowest BCUT2D eigenvalue weighted by Crippen LogP contribution is -1.85. The van der Waals surface area contributed by atoms with E-state index in [1.54, 1.807) is 0 Å². The lowest BCUT2D eigenvalue weighted by molar-refractivity contribution is 0.112. The third-order valence-electron chi connectivity index (χ3n) is 3.52. The maximum Gasteiger partial charge on any atom is 0.150 e. The molecule has 1 aliphatic carbocycles. The number of aldehydes is 1. The predicted molar refractivity (Wildman–Crippen MR) is 68.4 cm³/mol. The van der Waals surface area contributed by atoms with E-state index in [0.29, 0.717) is 11.8 Å². The number of hydrogen-bond donors (Lipinski definition) is 0. The van der Waals surface area contributed by atoms with Crippen LogP contribution in [0.15, 0.2) is 54.6 Å². The van der Waals surface area contributed by atoms with Crippen LogP contribution in [0, 0.1) is 0 Å². The highest BCUT2D eigenvalue weighted by Gasteiger charge is 2.39. The van der Waals surface area contributed by atoms with E-state index in [-0.39, 0.29) is 0 Å². The molecule has 2 aromatic rings. The zero-order valence-corrected chi connectivity index (χ0v) is 9.54. The fourth-order valence-electron chi connectivity index (χ4n) is 2.45. The Hall–Kier alpha value is -1.89. The smallest absolute Gasteiger partial charge is 0.150 e. The Morgan fingerprint density at radius 2 is 1.41 bits per heavy atom. The van der Waals surface area contributed by atoms with E-state index in [2.05, 4.69) is 42.5 Å². The molecule has 0 unspecified atom stereocenters. The highest BCUT2D eigenvalue weighted by atomic mass is 16.1. The van der Waals surface area contributed by atoms with Gasteiger partial charge < -0.3 is 0 Å². The largest absolute Gasteiger partial charge is 0.298 e. The molecule has 0 N–H and O–H groups in total. The molecular weight excluding hydrogens is 208 g/mol. The molecule has 84 valence electrons. The standard InChI is InChI=1S/C16H14O/c17-11-12-6-8-14(9-7-12)16-10-15(16)13-4-2-1-3-5-13/h1-9,11,15-16H,10H2/t15-,16-/m1/s1. The fraction of sp³-hybridized carbons (Fsp3) is 0.188. The Morgan fingerprint density at radius 1 is 0.824 bits per heavy atom. The van der Waals surface area contributed by atoms with Crippen molar-refractivity contribution >= 4 is 6.29 Å². The van der Waals surface area contributed by atoms with Gasteiger partial charge in [0.1, 0.15) is 6.29 Å². The summed E-state index contributed by atoms with van der Waals surface area (Å²) in [6, 6.07) is 18.6. The summed E-state index contributed by atoms with van der Waals surface area (Å²) >= 11 is 0. The molecular formula is C16H14O. The SMILES string of the molecule is O=Cc1ccc([C@H]2C[C@@H]2c2ccccc2)cc1. The second-order valence-electron chi connectivity index (χ2n) is 4.64. The maximum absolute atomic E-state index is 10.6. The maximum atomic E-state index is 10.6. The van der Waals surface area contributed by atoms with Crippen molar-refractivity contribution < 1.29 is 4.79 Å². The molecule has 1 heteroatoms. The molecule has 2 atom stereocenters. The zero-order chi connectivity index (χ0) is 11.7. The molecule has 0 aromatic heterocycles. The van der Waals surface area contributed by atoms with Gasteiger partial charge in [-0.3, -0.25) is 4.79 Å². The second kappa shape index (κ2) is 4.17. The van der Waals surface area contributed by atoms with Crippen molar-refractivity contribution in [1.29, 1.82) is 0 Å². The number of carbonyl (C=O) groups excluding carboxylic acids is 1. The molecule has 1 saturated carbocycles. The van der Waals surface area contributed by atoms with E-state index in [1.165, 1.54) is 17.5 Å². The predicted octanol–water partition coefficient (Wildman–Crippen LogP) is 3.77. The van der Waals surface area contributed by atoms with Gasteiger partial charge in [0.05, 0.1) is 0 Å². The minimum Gasteiger partial charge on any atom is -0.298 e. The summed E-state index contributed by atoms with van der Waals surface area (Å²) in [7, 11) is 0. The van der Waals surface area contributed by atoms with Crippen LogP contribution in [0.3, 0.4) is 0 Å². The van der Waals surface area contributed by atoms with E-state index < -0.39 is 0 Å². The average Bonchev–Trinajstić information content (AvgIpc) is 3.20. The first-order valence-electron chi connectivity index (χ1n) is 5.98. The van der Waals surface area contributed by atoms with Crippen molar-refractivity contribution in [3.63, 3.8) is 0 Å². The topological polar surface area (TPSA) is 17.1 Å². The molecule has 0 aliphatic heterocycles. The molecule has 2 aromatic carbocycles. The number of carbonyl (C=O) groups is 1. The van der Waals surface area contributed by atoms with Gasteiger partial charge in [0.15, 0.2) is 0 Å². The lowest BCUT2D eigenvalue weighted by atomic mass is 10.0. The summed E-state index contributed by atoms with van der Waals surface area (Å²) in [6.45, 7) is 0. The van der Waals surface area contributed by atoms with Crippen LogP contribution >= 0.6 is 0 Å². The minimum atomic E-state index is 0.637. The van der Waals surface area contributed by atoms with Gasteiger partial charge in [-0.25, -0.2) is 0 Å². The van der Waals surface area contributed by atoms with Crippen molar-refractivity contribution in [2.75, 3.05) is 0 Å². The molecule has 1 nitrogen and oxygen atoms in total. The summed E-state index contributed by atoms with van der Waals surface area (Å²) in [5.41, 5.74) is 3.53. The zero-order valence-electron chi connectivity index (χ0n) is 9.54. The van der Waals surface area contributed by atoms with E-state index in [4.69, 9.17) is 0 Å². The average molecular weight is 222 g/mol. The Balaban J connectivity index is 1.78. The lowest BCUT2D eigenvalue weighted by Gasteiger charge is -2.01. The van der Waals surface area contributed by atoms with Crippen LogP contribution in [-0.2, 0) is 0 Å². The molecule has 0 heterocycles. The first-order chi connectivity index (χ1) is 8.38. The number of benzene rings is 2. The van der Waals surface area contributed by atoms with Crippen molar-refractivity contribution in [3.8, 4) is 0 Å². The summed E-state index contributed by atoms with van der Waals surface area (Å²) < 4.78 is 0. The van der Waals surface area contributed by atoms with Crippen LogP contribution in [0.4, 0.5) is 0 Å². The van der Waals surface area contributed by atoms with Crippen LogP contribution < -0.4 is 0 Å². The van der Waals surface area contributed by atoms with Gasteiger partial charge in [-0.2, -0.15) is 0 Å². The Labute approximate surface area is 101 Å². The Morgan fingerprint density at radius 3 is 2.00 bits per heavy atom. The Bertz CT molecular complexity index is 513. The van der Waals surface area contributed by atoms with Gasteiger partial charge in [0.2, 0.25) is 0 Å². The molecule has 17 heavy (non-hydrogen) atoms. The highest BCUT2D eigenvalue weighted by Crippen LogP contribution is 2.54. The van der Waals surface area contributed by atoms with Gasteiger partial charge >= 0.3 is 0 Å². The Kier molecular flexibility index (Phi) is 2.52. The minimum absolute atomic E-state index is 0.637. The quantitative estimate of drug-likeness (QED) is 0.722. The normalized spacial score (nSPS) is 22.1. The van der Waals surface area contributed by atoms with E-state index in [0.717, 1.165) is 11.8 Å². The first kappa shape index (κ1) is 10.3. The van der Waals surface area contributed by atoms with Gasteiger partial charge in [0, 0.05) is 5.56 Å². The fourth-order valence-corrected chi connectivity index (χ4v) is 2.45. The molecule has 0 saturated heterocycles. The van der Waals surface area contributed by atoms with Crippen LogP contribution in [0.2, 0.25) is 0 Å². The highest BCUT2D eigenvalue weighted by molar-refractivity contribution is 5.74. The van der Waals surface area contributed by atoms with E-state index in [1.807, 2.05) is 12.1 Å². The van der Waals surface area contributed by atoms with Crippen molar-refractivity contribution in [2.45, 2.75) is 18.3 Å². The van der Waals surface area contributed by atoms with Gasteiger partial charge in [-0.05, 0) is 29.4 Å². The third-order valence-corrected chi connectivity index (χ3v) is 3.52. The third kappa shape index (κ3) is 2.01. The van der Waals surface area contributed by atoms with Gasteiger partial charge in [-0.15, -0.1) is 0 Å². The van der Waals surface area contributed by atoms with E-state index >= 15 is 0 Å². The summed E-state index contributed by atoms with van der Waals surface area (Å²) in [6.07, 6.45) is 2.12.